The van der Waals surface area contributed by atoms with Crippen molar-refractivity contribution in [1.29, 1.82) is 0 Å². The van der Waals surface area contributed by atoms with Crippen LogP contribution in [-0.4, -0.2) is 39.1 Å². The highest BCUT2D eigenvalue weighted by molar-refractivity contribution is 7.97. The zero-order valence-electron chi connectivity index (χ0n) is 17.4. The molecule has 0 aliphatic rings. The molecule has 0 aliphatic heterocycles. The lowest BCUT2D eigenvalue weighted by molar-refractivity contribution is 0.0975. The van der Waals surface area contributed by atoms with E-state index in [0.717, 1.165) is 4.90 Å². The van der Waals surface area contributed by atoms with Crippen LogP contribution in [-0.2, 0) is 0 Å². The Morgan fingerprint density at radius 1 is 1.10 bits per heavy atom. The third kappa shape index (κ3) is 6.11. The Kier molecular flexibility index (Phi) is 8.13. The van der Waals surface area contributed by atoms with Gasteiger partial charge in [-0.15, -0.1) is 0 Å². The van der Waals surface area contributed by atoms with Crippen molar-refractivity contribution >= 4 is 51.9 Å². The van der Waals surface area contributed by atoms with Crippen LogP contribution in [0.3, 0.4) is 0 Å². The van der Waals surface area contributed by atoms with E-state index in [2.05, 4.69) is 61.8 Å². The van der Waals surface area contributed by atoms with Gasteiger partial charge in [0, 0.05) is 47.2 Å². The highest BCUT2D eigenvalue weighted by atomic mass is 35.5. The largest absolute Gasteiger partial charge is 0.377 e. The summed E-state index contributed by atoms with van der Waals surface area (Å²) in [5.41, 5.74) is 4.02. The van der Waals surface area contributed by atoms with Crippen LogP contribution in [0.4, 0.5) is 5.69 Å². The average molecular weight is 457 g/mol. The number of nitrogens with two attached hydrogens (primary N) is 1. The van der Waals surface area contributed by atoms with Crippen molar-refractivity contribution in [1.82, 2.24) is 15.5 Å². The molecule has 3 aromatic carbocycles. The van der Waals surface area contributed by atoms with E-state index in [1.165, 1.54) is 16.5 Å². The van der Waals surface area contributed by atoms with Gasteiger partial charge in [-0.05, 0) is 47.7 Å². The average Bonchev–Trinajstić information content (AvgIpc) is 2.77. The van der Waals surface area contributed by atoms with E-state index in [4.69, 9.17) is 17.4 Å². The number of hydrazine groups is 1. The number of hydrogen-bond donors (Lipinski definition) is 4. The molecule has 3 rings (SSSR count). The predicted molar refractivity (Wildman–Crippen MR) is 131 cm³/mol. The Morgan fingerprint density at radius 2 is 1.84 bits per heavy atom. The number of guanidine groups is 1. The van der Waals surface area contributed by atoms with Crippen molar-refractivity contribution < 1.29 is 4.79 Å². The second-order valence-corrected chi connectivity index (χ2v) is 8.23. The van der Waals surface area contributed by atoms with E-state index in [0.29, 0.717) is 23.7 Å². The smallest absolute Gasteiger partial charge is 0.258 e. The first-order valence-electron chi connectivity index (χ1n) is 9.66. The molecule has 0 heterocycles. The summed E-state index contributed by atoms with van der Waals surface area (Å²) >= 11 is 7.48. The maximum absolute atomic E-state index is 12.3. The Bertz CT molecular complexity index is 1090. The van der Waals surface area contributed by atoms with Gasteiger partial charge in [0.15, 0.2) is 0 Å². The topological polar surface area (TPSA) is 94.8 Å². The molecule has 0 radical (unpaired) electrons. The Balaban J connectivity index is 1.56. The lowest BCUT2D eigenvalue weighted by atomic mass is 10.1. The fourth-order valence-corrected chi connectivity index (χ4v) is 3.99. The quantitative estimate of drug-likeness (QED) is 0.109. The van der Waals surface area contributed by atoms with E-state index in [9.17, 15) is 4.79 Å². The van der Waals surface area contributed by atoms with Crippen LogP contribution in [0, 0.1) is 0 Å². The van der Waals surface area contributed by atoms with E-state index >= 15 is 0 Å². The second-order valence-electron chi connectivity index (χ2n) is 6.86. The Labute approximate surface area is 191 Å². The van der Waals surface area contributed by atoms with Crippen LogP contribution in [0.1, 0.15) is 10.4 Å². The lowest BCUT2D eigenvalue weighted by Crippen LogP contribution is -2.44. The summed E-state index contributed by atoms with van der Waals surface area (Å²) in [5, 5.41) is 5.51. The third-order valence-corrected chi connectivity index (χ3v) is 5.62. The lowest BCUT2D eigenvalue weighted by Gasteiger charge is -2.16. The highest BCUT2D eigenvalue weighted by Gasteiger charge is 2.09. The number of nitrogens with zero attached hydrogens (tertiary/aromatic N) is 2. The summed E-state index contributed by atoms with van der Waals surface area (Å²) in [6.07, 6.45) is 0. The number of aliphatic imine (C=N–C) groups is 1. The molecule has 162 valence electrons. The second kappa shape index (κ2) is 11.0. The summed E-state index contributed by atoms with van der Waals surface area (Å²) in [7, 11) is 4.08. The fraction of sp³-hybridized carbons (Fsp3) is 0.182. The van der Waals surface area contributed by atoms with Gasteiger partial charge in [0.2, 0.25) is 5.96 Å². The molecular formula is C22H25ClN6OS. The van der Waals surface area contributed by atoms with Gasteiger partial charge in [0.05, 0.1) is 6.54 Å². The number of benzene rings is 3. The monoisotopic (exact) mass is 456 g/mol. The van der Waals surface area contributed by atoms with Crippen molar-refractivity contribution in [2.45, 2.75) is 4.90 Å². The normalized spacial score (nSPS) is 11.4. The molecule has 0 bridgehead atoms. The van der Waals surface area contributed by atoms with Gasteiger partial charge in [-0.25, -0.2) is 5.84 Å². The van der Waals surface area contributed by atoms with Crippen molar-refractivity contribution in [3.05, 3.63) is 71.2 Å². The molecule has 0 aliphatic carbocycles. The number of halogens is 1. The summed E-state index contributed by atoms with van der Waals surface area (Å²) in [6, 6.07) is 19.2. The minimum absolute atomic E-state index is 0.192. The zero-order chi connectivity index (χ0) is 22.2. The maximum atomic E-state index is 12.3. The molecule has 9 heteroatoms. The zero-order valence-corrected chi connectivity index (χ0v) is 18.9. The fourth-order valence-electron chi connectivity index (χ4n) is 3.02. The number of carbonyl (C=O) groups is 1. The molecule has 5 N–H and O–H groups in total. The summed E-state index contributed by atoms with van der Waals surface area (Å²) < 4.78 is 3.31. The molecule has 0 unspecified atom stereocenters. The molecular weight excluding hydrogens is 432 g/mol. The first-order valence-corrected chi connectivity index (χ1v) is 10.9. The van der Waals surface area contributed by atoms with Gasteiger partial charge in [-0.3, -0.25) is 25.3 Å². The first-order chi connectivity index (χ1) is 15.0. The van der Waals surface area contributed by atoms with Crippen LogP contribution in [0.5, 0.6) is 0 Å². The standard InChI is InChI=1S/C22H25ClN6OS/c1-29(2)19-10-4-9-18-17(19)8-5-11-20(18)31-26-13-12-25-22(28-24)27-21(30)15-6-3-7-16(23)14-15/h3-11,14,26H,12-13,24H2,1-2H3,(H2,25,27,28,30). The minimum Gasteiger partial charge on any atom is -0.377 e. The van der Waals surface area contributed by atoms with E-state index in [-0.39, 0.29) is 11.9 Å². The molecule has 1 amide bonds. The molecule has 0 atom stereocenters. The van der Waals surface area contributed by atoms with Crippen molar-refractivity contribution in [3.63, 3.8) is 0 Å². The van der Waals surface area contributed by atoms with E-state index in [1.807, 2.05) is 14.1 Å². The number of nitrogens with one attached hydrogen (secondary N) is 3. The molecule has 0 fully saturated rings. The van der Waals surface area contributed by atoms with Crippen LogP contribution < -0.4 is 26.2 Å². The third-order valence-electron chi connectivity index (χ3n) is 4.46. The molecule has 0 aromatic heterocycles. The molecule has 7 nitrogen and oxygen atoms in total. The predicted octanol–water partition coefficient (Wildman–Crippen LogP) is 3.41. The van der Waals surface area contributed by atoms with Gasteiger partial charge in [-0.1, -0.05) is 41.9 Å². The van der Waals surface area contributed by atoms with Crippen molar-refractivity contribution in [2.24, 2.45) is 10.8 Å². The van der Waals surface area contributed by atoms with Crippen LogP contribution in [0.2, 0.25) is 5.02 Å². The minimum atomic E-state index is -0.339. The molecule has 3 aromatic rings. The van der Waals surface area contributed by atoms with Crippen LogP contribution in [0.15, 0.2) is 70.6 Å². The summed E-state index contributed by atoms with van der Waals surface area (Å²) in [5.74, 6) is 5.34. The van der Waals surface area contributed by atoms with Crippen molar-refractivity contribution in [3.8, 4) is 0 Å². The number of hydrogen-bond acceptors (Lipinski definition) is 6. The number of anilines is 1. The number of carbonyl (C=O) groups excluding carboxylic acids is 1. The maximum Gasteiger partial charge on any atom is 0.258 e. The van der Waals surface area contributed by atoms with Crippen LogP contribution >= 0.6 is 23.5 Å². The number of amides is 1. The van der Waals surface area contributed by atoms with Crippen molar-refractivity contribution in [2.75, 3.05) is 32.1 Å². The number of fused-ring (bicyclic) bond motifs is 1. The molecule has 0 saturated heterocycles. The van der Waals surface area contributed by atoms with Crippen LogP contribution in [0.25, 0.3) is 10.8 Å². The Morgan fingerprint density at radius 3 is 2.58 bits per heavy atom. The number of rotatable bonds is 7. The Hall–Kier alpha value is -2.78. The summed E-state index contributed by atoms with van der Waals surface area (Å²) in [4.78, 5) is 19.8. The highest BCUT2D eigenvalue weighted by Crippen LogP contribution is 2.31. The summed E-state index contributed by atoms with van der Waals surface area (Å²) in [6.45, 7) is 1.02. The van der Waals surface area contributed by atoms with Gasteiger partial charge < -0.3 is 4.90 Å². The van der Waals surface area contributed by atoms with Gasteiger partial charge in [0.25, 0.3) is 5.91 Å². The first kappa shape index (κ1) is 22.9. The molecule has 0 saturated carbocycles. The molecule has 0 spiro atoms. The van der Waals surface area contributed by atoms with Gasteiger partial charge in [0.1, 0.15) is 0 Å². The van der Waals surface area contributed by atoms with Gasteiger partial charge >= 0.3 is 0 Å². The van der Waals surface area contributed by atoms with E-state index in [1.54, 1.807) is 36.2 Å². The molecule has 31 heavy (non-hydrogen) atoms. The van der Waals surface area contributed by atoms with E-state index < -0.39 is 0 Å². The van der Waals surface area contributed by atoms with Gasteiger partial charge in [-0.2, -0.15) is 0 Å². The SMILES string of the molecule is CN(C)c1cccc2c(SNCCN=C(NN)NC(=O)c3cccc(Cl)c3)cccc12.